The number of fused-ring (bicyclic) bond motifs is 1. The fourth-order valence-corrected chi connectivity index (χ4v) is 3.24. The van der Waals surface area contributed by atoms with E-state index in [0.717, 1.165) is 25.2 Å². The highest BCUT2D eigenvalue weighted by molar-refractivity contribution is 9.09. The van der Waals surface area contributed by atoms with E-state index >= 15 is 0 Å². The summed E-state index contributed by atoms with van der Waals surface area (Å²) in [6.45, 7) is 1.54. The van der Waals surface area contributed by atoms with E-state index in [-0.39, 0.29) is 23.1 Å². The second-order valence-corrected chi connectivity index (χ2v) is 6.09. The standard InChI is InChI=1S/C14H15BrN2O3/c15-14(9-3-4-20-7-9)8-1-2-10-11(5-8)17-13(19)6-12(18)16-10/h1-2,5,9,14H,3-4,6-7H2,(H,16,18)(H,17,19). The molecule has 3 rings (SSSR count). The molecule has 5 nitrogen and oxygen atoms in total. The van der Waals surface area contributed by atoms with Crippen molar-refractivity contribution in [3.63, 3.8) is 0 Å². The molecule has 0 aliphatic carbocycles. The van der Waals surface area contributed by atoms with E-state index in [9.17, 15) is 9.59 Å². The summed E-state index contributed by atoms with van der Waals surface area (Å²) in [5, 5.41) is 5.49. The molecule has 20 heavy (non-hydrogen) atoms. The Hall–Kier alpha value is -1.40. The van der Waals surface area contributed by atoms with Crippen LogP contribution in [0.2, 0.25) is 0 Å². The molecule has 0 spiro atoms. The van der Waals surface area contributed by atoms with Crippen LogP contribution in [0.3, 0.4) is 0 Å². The average Bonchev–Trinajstić information content (AvgIpc) is 2.88. The van der Waals surface area contributed by atoms with Crippen molar-refractivity contribution in [3.8, 4) is 0 Å². The molecule has 1 fully saturated rings. The summed E-state index contributed by atoms with van der Waals surface area (Å²) < 4.78 is 5.41. The molecule has 2 aliphatic rings. The van der Waals surface area contributed by atoms with Gasteiger partial charge in [0, 0.05) is 17.4 Å². The van der Waals surface area contributed by atoms with Gasteiger partial charge < -0.3 is 15.4 Å². The molecular weight excluding hydrogens is 324 g/mol. The minimum absolute atomic E-state index is 0.141. The van der Waals surface area contributed by atoms with E-state index in [1.165, 1.54) is 0 Å². The topological polar surface area (TPSA) is 67.4 Å². The Morgan fingerprint density at radius 3 is 2.65 bits per heavy atom. The second-order valence-electron chi connectivity index (χ2n) is 5.10. The van der Waals surface area contributed by atoms with Gasteiger partial charge in [0.05, 0.1) is 18.0 Å². The van der Waals surface area contributed by atoms with E-state index in [0.29, 0.717) is 17.3 Å². The van der Waals surface area contributed by atoms with Gasteiger partial charge in [0.2, 0.25) is 11.8 Å². The van der Waals surface area contributed by atoms with E-state index in [1.54, 1.807) is 0 Å². The molecule has 0 radical (unpaired) electrons. The predicted octanol–water partition coefficient (Wildman–Crippen LogP) is 2.44. The van der Waals surface area contributed by atoms with Crippen LogP contribution in [0.25, 0.3) is 0 Å². The highest BCUT2D eigenvalue weighted by Gasteiger charge is 2.26. The van der Waals surface area contributed by atoms with E-state index in [4.69, 9.17) is 4.74 Å². The van der Waals surface area contributed by atoms with Crippen molar-refractivity contribution >= 4 is 39.1 Å². The third kappa shape index (κ3) is 2.71. The van der Waals surface area contributed by atoms with E-state index < -0.39 is 0 Å². The number of benzene rings is 1. The molecule has 6 heteroatoms. The van der Waals surface area contributed by atoms with Crippen molar-refractivity contribution in [2.75, 3.05) is 23.8 Å². The molecule has 2 aliphatic heterocycles. The van der Waals surface area contributed by atoms with Gasteiger partial charge in [-0.2, -0.15) is 0 Å². The number of ether oxygens (including phenoxy) is 1. The number of hydrogen-bond donors (Lipinski definition) is 2. The third-order valence-corrected chi connectivity index (χ3v) is 4.89. The van der Waals surface area contributed by atoms with Gasteiger partial charge in [-0.1, -0.05) is 22.0 Å². The van der Waals surface area contributed by atoms with Crippen LogP contribution in [0, 0.1) is 5.92 Å². The van der Waals surface area contributed by atoms with Gasteiger partial charge in [-0.15, -0.1) is 0 Å². The maximum Gasteiger partial charge on any atom is 0.233 e. The molecule has 1 aromatic rings. The smallest absolute Gasteiger partial charge is 0.233 e. The van der Waals surface area contributed by atoms with Crippen molar-refractivity contribution in [3.05, 3.63) is 23.8 Å². The summed E-state index contributed by atoms with van der Waals surface area (Å²) in [4.78, 5) is 23.3. The summed E-state index contributed by atoms with van der Waals surface area (Å²) in [5.74, 6) is -0.133. The monoisotopic (exact) mass is 338 g/mol. The Morgan fingerprint density at radius 1 is 1.20 bits per heavy atom. The van der Waals surface area contributed by atoms with Crippen molar-refractivity contribution in [2.45, 2.75) is 17.7 Å². The fraction of sp³-hybridized carbons (Fsp3) is 0.429. The second kappa shape index (κ2) is 5.54. The van der Waals surface area contributed by atoms with Crippen LogP contribution in [-0.4, -0.2) is 25.0 Å². The molecule has 2 N–H and O–H groups in total. The van der Waals surface area contributed by atoms with Crippen molar-refractivity contribution < 1.29 is 14.3 Å². The van der Waals surface area contributed by atoms with Crippen LogP contribution in [0.1, 0.15) is 23.2 Å². The quantitative estimate of drug-likeness (QED) is 0.642. The van der Waals surface area contributed by atoms with Crippen LogP contribution in [0.15, 0.2) is 18.2 Å². The first kappa shape index (κ1) is 13.6. The number of rotatable bonds is 2. The number of nitrogens with one attached hydrogen (secondary N) is 2. The van der Waals surface area contributed by atoms with Crippen LogP contribution in [0.5, 0.6) is 0 Å². The molecule has 0 bridgehead atoms. The molecule has 2 heterocycles. The van der Waals surface area contributed by atoms with Crippen molar-refractivity contribution in [1.29, 1.82) is 0 Å². The minimum Gasteiger partial charge on any atom is -0.381 e. The van der Waals surface area contributed by atoms with Gasteiger partial charge >= 0.3 is 0 Å². The highest BCUT2D eigenvalue weighted by Crippen LogP contribution is 2.38. The molecule has 1 saturated heterocycles. The number of carbonyl (C=O) groups is 2. The summed E-state index contributed by atoms with van der Waals surface area (Å²) >= 11 is 3.71. The Balaban J connectivity index is 1.88. The fourth-order valence-electron chi connectivity index (χ4n) is 2.54. The lowest BCUT2D eigenvalue weighted by atomic mass is 9.98. The first-order chi connectivity index (χ1) is 9.63. The molecule has 0 aromatic heterocycles. The lowest BCUT2D eigenvalue weighted by molar-refractivity contribution is -0.123. The first-order valence-electron chi connectivity index (χ1n) is 6.59. The van der Waals surface area contributed by atoms with Crippen LogP contribution >= 0.6 is 15.9 Å². The summed E-state index contributed by atoms with van der Waals surface area (Å²) in [6, 6.07) is 5.71. The lowest BCUT2D eigenvalue weighted by Gasteiger charge is -2.18. The van der Waals surface area contributed by atoms with Crippen LogP contribution in [-0.2, 0) is 14.3 Å². The summed E-state index contributed by atoms with van der Waals surface area (Å²) in [6.07, 6.45) is 0.883. The number of alkyl halides is 1. The van der Waals surface area contributed by atoms with Crippen LogP contribution < -0.4 is 10.6 Å². The molecule has 106 valence electrons. The lowest BCUT2D eigenvalue weighted by Crippen LogP contribution is -2.16. The number of carbonyl (C=O) groups excluding carboxylic acids is 2. The molecule has 0 saturated carbocycles. The maximum absolute atomic E-state index is 11.6. The van der Waals surface area contributed by atoms with Gasteiger partial charge in [-0.25, -0.2) is 0 Å². The molecular formula is C14H15BrN2O3. The number of anilines is 2. The van der Waals surface area contributed by atoms with Crippen molar-refractivity contribution in [1.82, 2.24) is 0 Å². The zero-order valence-electron chi connectivity index (χ0n) is 10.8. The van der Waals surface area contributed by atoms with Gasteiger partial charge in [-0.05, 0) is 24.1 Å². The SMILES string of the molecule is O=C1CC(=O)Nc2cc(C(Br)C3CCOC3)ccc2N1. The Kier molecular flexibility index (Phi) is 3.76. The Bertz CT molecular complexity index is 555. The zero-order valence-corrected chi connectivity index (χ0v) is 12.4. The maximum atomic E-state index is 11.6. The molecule has 1 aromatic carbocycles. The largest absolute Gasteiger partial charge is 0.381 e. The minimum atomic E-state index is -0.284. The molecule has 2 unspecified atom stereocenters. The first-order valence-corrected chi connectivity index (χ1v) is 7.50. The summed E-state index contributed by atoms with van der Waals surface area (Å²) in [5.41, 5.74) is 2.38. The number of hydrogen-bond acceptors (Lipinski definition) is 3. The van der Waals surface area contributed by atoms with E-state index in [1.807, 2.05) is 18.2 Å². The third-order valence-electron chi connectivity index (χ3n) is 3.61. The predicted molar refractivity (Wildman–Crippen MR) is 78.9 cm³/mol. The van der Waals surface area contributed by atoms with Gasteiger partial charge in [0.15, 0.2) is 0 Å². The Labute approximate surface area is 125 Å². The Morgan fingerprint density at radius 2 is 1.95 bits per heavy atom. The molecule has 2 atom stereocenters. The van der Waals surface area contributed by atoms with Gasteiger partial charge in [-0.3, -0.25) is 9.59 Å². The van der Waals surface area contributed by atoms with Gasteiger partial charge in [0.25, 0.3) is 0 Å². The number of halogens is 1. The van der Waals surface area contributed by atoms with Crippen molar-refractivity contribution in [2.24, 2.45) is 5.92 Å². The van der Waals surface area contributed by atoms with Gasteiger partial charge in [0.1, 0.15) is 6.42 Å². The van der Waals surface area contributed by atoms with Crippen LogP contribution in [0.4, 0.5) is 11.4 Å². The zero-order chi connectivity index (χ0) is 14.1. The van der Waals surface area contributed by atoms with E-state index in [2.05, 4.69) is 26.6 Å². The average molecular weight is 339 g/mol. The molecule has 2 amide bonds. The number of amides is 2. The normalized spacial score (nSPS) is 23.6. The highest BCUT2D eigenvalue weighted by atomic mass is 79.9. The summed E-state index contributed by atoms with van der Waals surface area (Å²) in [7, 11) is 0.